The summed E-state index contributed by atoms with van der Waals surface area (Å²) in [7, 11) is 0. The van der Waals surface area contributed by atoms with Crippen molar-refractivity contribution in [3.05, 3.63) is 0 Å². The summed E-state index contributed by atoms with van der Waals surface area (Å²) in [6.45, 7) is 1.82. The average molecular weight is 220 g/mol. The Morgan fingerprint density at radius 3 is 2.07 bits per heavy atom. The van der Waals surface area contributed by atoms with Crippen LogP contribution in [0.1, 0.15) is 13.3 Å². The van der Waals surface area contributed by atoms with Gasteiger partial charge in [0.2, 0.25) is 0 Å². The van der Waals surface area contributed by atoms with Gasteiger partial charge in [0, 0.05) is 13.0 Å². The van der Waals surface area contributed by atoms with Gasteiger partial charge >= 0.3 is 11.9 Å². The van der Waals surface area contributed by atoms with Crippen LogP contribution < -0.4 is 11.1 Å². The normalized spacial score (nSPS) is 26.3. The van der Waals surface area contributed by atoms with E-state index in [0.717, 1.165) is 0 Å². The van der Waals surface area contributed by atoms with Gasteiger partial charge in [-0.25, -0.2) is 0 Å². The van der Waals surface area contributed by atoms with Crippen LogP contribution in [0.2, 0.25) is 0 Å². The van der Waals surface area contributed by atoms with Crippen molar-refractivity contribution in [3.63, 3.8) is 0 Å². The van der Waals surface area contributed by atoms with Gasteiger partial charge in [-0.3, -0.25) is 9.59 Å². The molecule has 6 N–H and O–H groups in total. The molecule has 1 aliphatic rings. The number of nitrogens with two attached hydrogens (primary N) is 1. The van der Waals surface area contributed by atoms with E-state index in [1.807, 2.05) is 0 Å². The highest BCUT2D eigenvalue weighted by atomic mass is 16.4. The fourth-order valence-corrected chi connectivity index (χ4v) is 0.905. The first-order valence-corrected chi connectivity index (χ1v) is 4.47. The molecule has 15 heavy (non-hydrogen) atoms. The highest BCUT2D eigenvalue weighted by molar-refractivity contribution is 5.73. The fraction of sp³-hybridized carbons (Fsp3) is 0.750. The SMILES string of the molecule is CC(N)C(=O)O.O=C(O)C1CC(O)CN1. The van der Waals surface area contributed by atoms with E-state index < -0.39 is 30.1 Å². The smallest absolute Gasteiger partial charge is 0.320 e. The molecule has 3 atom stereocenters. The molecular formula is C8H16N2O5. The zero-order valence-electron chi connectivity index (χ0n) is 8.38. The lowest BCUT2D eigenvalue weighted by atomic mass is 10.2. The molecule has 88 valence electrons. The molecule has 0 aliphatic carbocycles. The van der Waals surface area contributed by atoms with Crippen LogP contribution >= 0.6 is 0 Å². The zero-order valence-corrected chi connectivity index (χ0v) is 8.38. The Bertz CT molecular complexity index is 231. The predicted molar refractivity (Wildman–Crippen MR) is 51.3 cm³/mol. The molecule has 0 aromatic heterocycles. The number of rotatable bonds is 2. The number of carboxylic acid groups (broad SMARTS) is 2. The van der Waals surface area contributed by atoms with E-state index in [1.165, 1.54) is 6.92 Å². The number of hydrogen-bond acceptors (Lipinski definition) is 5. The summed E-state index contributed by atoms with van der Waals surface area (Å²) >= 11 is 0. The van der Waals surface area contributed by atoms with Crippen molar-refractivity contribution in [1.29, 1.82) is 0 Å². The minimum absolute atomic E-state index is 0.329. The van der Waals surface area contributed by atoms with Gasteiger partial charge in [-0.05, 0) is 6.92 Å². The van der Waals surface area contributed by atoms with Crippen molar-refractivity contribution < 1.29 is 24.9 Å². The Morgan fingerprint density at radius 2 is 1.93 bits per heavy atom. The highest BCUT2D eigenvalue weighted by Gasteiger charge is 2.27. The van der Waals surface area contributed by atoms with Crippen molar-refractivity contribution in [1.82, 2.24) is 5.32 Å². The van der Waals surface area contributed by atoms with Gasteiger partial charge in [0.05, 0.1) is 6.10 Å². The maximum absolute atomic E-state index is 10.2. The Morgan fingerprint density at radius 1 is 1.47 bits per heavy atom. The topological polar surface area (TPSA) is 133 Å². The van der Waals surface area contributed by atoms with Crippen molar-refractivity contribution in [2.24, 2.45) is 5.73 Å². The van der Waals surface area contributed by atoms with Crippen molar-refractivity contribution >= 4 is 11.9 Å². The summed E-state index contributed by atoms with van der Waals surface area (Å²) in [4.78, 5) is 19.7. The highest BCUT2D eigenvalue weighted by Crippen LogP contribution is 2.05. The van der Waals surface area contributed by atoms with Crippen LogP contribution in [0.3, 0.4) is 0 Å². The third-order valence-electron chi connectivity index (χ3n) is 1.80. The summed E-state index contributed by atoms with van der Waals surface area (Å²) in [5, 5.41) is 27.7. The summed E-state index contributed by atoms with van der Waals surface area (Å²) in [6.07, 6.45) is -0.152. The number of β-amino-alcohol motifs (C(OH)–C–C–N with tert-alkyl or cyclic N) is 1. The molecule has 0 bridgehead atoms. The maximum atomic E-state index is 10.2. The molecule has 1 saturated heterocycles. The molecule has 1 fully saturated rings. The molecule has 7 nitrogen and oxygen atoms in total. The average Bonchev–Trinajstić information content (AvgIpc) is 2.52. The lowest BCUT2D eigenvalue weighted by Crippen LogP contribution is -2.29. The first-order valence-electron chi connectivity index (χ1n) is 4.47. The second-order valence-corrected chi connectivity index (χ2v) is 3.32. The van der Waals surface area contributed by atoms with E-state index in [-0.39, 0.29) is 0 Å². The van der Waals surface area contributed by atoms with Crippen LogP contribution in [0.5, 0.6) is 0 Å². The van der Waals surface area contributed by atoms with E-state index in [4.69, 9.17) is 21.1 Å². The molecule has 1 heterocycles. The summed E-state index contributed by atoms with van der Waals surface area (Å²) in [5.74, 6) is -1.85. The van der Waals surface area contributed by atoms with E-state index in [0.29, 0.717) is 13.0 Å². The van der Waals surface area contributed by atoms with Crippen LogP contribution in [0.25, 0.3) is 0 Å². The van der Waals surface area contributed by atoms with Gasteiger partial charge in [0.25, 0.3) is 0 Å². The van der Waals surface area contributed by atoms with Gasteiger partial charge in [0.15, 0.2) is 0 Å². The summed E-state index contributed by atoms with van der Waals surface area (Å²) in [5.41, 5.74) is 4.84. The molecule has 0 aromatic carbocycles. The lowest BCUT2D eigenvalue weighted by molar-refractivity contribution is -0.139. The first kappa shape index (κ1) is 13.8. The molecule has 1 rings (SSSR count). The Hall–Kier alpha value is -1.18. The summed E-state index contributed by atoms with van der Waals surface area (Å²) in [6, 6.07) is -1.27. The number of carboxylic acids is 2. The van der Waals surface area contributed by atoms with E-state index in [2.05, 4.69) is 5.32 Å². The number of hydrogen-bond donors (Lipinski definition) is 5. The number of aliphatic carboxylic acids is 2. The quantitative estimate of drug-likeness (QED) is 0.371. The van der Waals surface area contributed by atoms with Crippen LogP contribution in [0, 0.1) is 0 Å². The monoisotopic (exact) mass is 220 g/mol. The molecule has 0 spiro atoms. The van der Waals surface area contributed by atoms with Crippen LogP contribution in [-0.2, 0) is 9.59 Å². The Labute approximate surface area is 86.9 Å². The first-order chi connectivity index (χ1) is 6.84. The van der Waals surface area contributed by atoms with E-state index >= 15 is 0 Å². The molecule has 3 unspecified atom stereocenters. The van der Waals surface area contributed by atoms with Gasteiger partial charge in [-0.1, -0.05) is 0 Å². The molecule has 0 radical (unpaired) electrons. The van der Waals surface area contributed by atoms with Gasteiger partial charge < -0.3 is 26.4 Å². The van der Waals surface area contributed by atoms with Crippen molar-refractivity contribution in [2.45, 2.75) is 31.5 Å². The Balaban J connectivity index is 0.000000288. The van der Waals surface area contributed by atoms with Crippen molar-refractivity contribution in [3.8, 4) is 0 Å². The van der Waals surface area contributed by atoms with Gasteiger partial charge in [-0.2, -0.15) is 0 Å². The number of aliphatic hydroxyl groups excluding tert-OH is 1. The molecule has 0 aromatic rings. The van der Waals surface area contributed by atoms with E-state index in [1.54, 1.807) is 0 Å². The molecule has 0 saturated carbocycles. The largest absolute Gasteiger partial charge is 0.480 e. The van der Waals surface area contributed by atoms with Crippen molar-refractivity contribution in [2.75, 3.05) is 6.54 Å². The van der Waals surface area contributed by atoms with Gasteiger partial charge in [-0.15, -0.1) is 0 Å². The standard InChI is InChI=1S/C5H9NO3.C3H7NO2/c7-3-1-4(5(8)9)6-2-3;1-2(4)3(5)6/h3-4,6-7H,1-2H2,(H,8,9);2H,4H2,1H3,(H,5,6). The molecular weight excluding hydrogens is 204 g/mol. The van der Waals surface area contributed by atoms with Crippen LogP contribution in [0.4, 0.5) is 0 Å². The molecule has 7 heteroatoms. The van der Waals surface area contributed by atoms with Crippen LogP contribution in [-0.4, -0.2) is 52.0 Å². The molecule has 0 amide bonds. The number of aliphatic hydroxyl groups is 1. The van der Waals surface area contributed by atoms with Gasteiger partial charge in [0.1, 0.15) is 12.1 Å². The second-order valence-electron chi connectivity index (χ2n) is 3.32. The fourth-order valence-electron chi connectivity index (χ4n) is 0.905. The maximum Gasteiger partial charge on any atom is 0.320 e. The minimum Gasteiger partial charge on any atom is -0.480 e. The lowest BCUT2D eigenvalue weighted by Gasteiger charge is -1.99. The molecule has 1 aliphatic heterocycles. The third-order valence-corrected chi connectivity index (χ3v) is 1.80. The Kier molecular flexibility index (Phi) is 5.83. The van der Waals surface area contributed by atoms with Crippen LogP contribution in [0.15, 0.2) is 0 Å². The minimum atomic E-state index is -0.963. The predicted octanol–water partition coefficient (Wildman–Crippen LogP) is -1.79. The third kappa shape index (κ3) is 6.00. The summed E-state index contributed by atoms with van der Waals surface area (Å²) < 4.78 is 0. The second kappa shape index (κ2) is 6.33. The van der Waals surface area contributed by atoms with E-state index in [9.17, 15) is 9.59 Å². The number of nitrogens with one attached hydrogen (secondary N) is 1. The number of carbonyl (C=O) groups is 2. The zero-order chi connectivity index (χ0) is 12.0.